The second-order valence-electron chi connectivity index (χ2n) is 6.39. The molecule has 0 unspecified atom stereocenters. The van der Waals surface area contributed by atoms with Gasteiger partial charge < -0.3 is 5.32 Å². The molecule has 0 radical (unpaired) electrons. The fourth-order valence-electron chi connectivity index (χ4n) is 2.85. The highest BCUT2D eigenvalue weighted by molar-refractivity contribution is 8.15. The summed E-state index contributed by atoms with van der Waals surface area (Å²) in [5, 5.41) is 13.5. The number of nitro benzene ring substituents is 1. The van der Waals surface area contributed by atoms with E-state index in [0.717, 1.165) is 12.1 Å². The molecule has 9 heteroatoms. The molecule has 1 aliphatic rings. The van der Waals surface area contributed by atoms with Crippen molar-refractivity contribution in [3.8, 4) is 0 Å². The highest BCUT2D eigenvalue weighted by atomic mass is 32.2. The zero-order valence-corrected chi connectivity index (χ0v) is 16.6. The molecular formula is C20H20N4O4S. The number of nitrogens with one attached hydrogen (secondary N) is 1. The van der Waals surface area contributed by atoms with Gasteiger partial charge in [0.2, 0.25) is 11.8 Å². The van der Waals surface area contributed by atoms with Gasteiger partial charge in [0.1, 0.15) is 5.25 Å². The maximum absolute atomic E-state index is 12.8. The summed E-state index contributed by atoms with van der Waals surface area (Å²) in [5.74, 6) is -0.533. The first-order chi connectivity index (χ1) is 14.0. The molecule has 1 heterocycles. The van der Waals surface area contributed by atoms with Crippen molar-refractivity contribution in [3.05, 3.63) is 64.7 Å². The summed E-state index contributed by atoms with van der Waals surface area (Å²) in [6.07, 6.45) is 0.729. The van der Waals surface area contributed by atoms with Crippen LogP contribution >= 0.6 is 11.8 Å². The van der Waals surface area contributed by atoms with Crippen molar-refractivity contribution in [3.63, 3.8) is 0 Å². The van der Waals surface area contributed by atoms with Gasteiger partial charge in [-0.15, -0.1) is 0 Å². The molecule has 1 saturated heterocycles. The number of benzene rings is 2. The Kier molecular flexibility index (Phi) is 6.61. The molecule has 1 fully saturated rings. The first-order valence-electron chi connectivity index (χ1n) is 9.14. The Labute approximate surface area is 172 Å². The summed E-state index contributed by atoms with van der Waals surface area (Å²) >= 11 is 1.27. The maximum Gasteiger partial charge on any atom is 0.271 e. The molecule has 8 nitrogen and oxygen atoms in total. The molecule has 3 rings (SSSR count). The standard InChI is InChI=1S/C20H20N4O4S/c1-2-11-23-19(26)17(29-20(23)22-14-7-4-3-5-8-14)13-18(25)21-15-9-6-10-16(12-15)24(27)28/h3-10,12,17H,2,11,13H2,1H3,(H,21,25)/t17-/m1/s1. The van der Waals surface area contributed by atoms with Gasteiger partial charge in [0, 0.05) is 30.8 Å². The Morgan fingerprint density at radius 2 is 2.00 bits per heavy atom. The monoisotopic (exact) mass is 412 g/mol. The van der Waals surface area contributed by atoms with E-state index in [-0.39, 0.29) is 23.9 Å². The highest BCUT2D eigenvalue weighted by Crippen LogP contribution is 2.32. The summed E-state index contributed by atoms with van der Waals surface area (Å²) in [6, 6.07) is 15.0. The number of hydrogen-bond donors (Lipinski definition) is 1. The van der Waals surface area contributed by atoms with Gasteiger partial charge in [-0.1, -0.05) is 43.0 Å². The van der Waals surface area contributed by atoms with Crippen LogP contribution in [0, 0.1) is 10.1 Å². The molecule has 29 heavy (non-hydrogen) atoms. The average Bonchev–Trinajstić information content (AvgIpc) is 2.98. The first-order valence-corrected chi connectivity index (χ1v) is 10.0. The summed E-state index contributed by atoms with van der Waals surface area (Å²) in [5.41, 5.74) is 0.953. The average molecular weight is 412 g/mol. The van der Waals surface area contributed by atoms with Gasteiger partial charge >= 0.3 is 0 Å². The molecule has 0 aromatic heterocycles. The number of amidine groups is 1. The molecule has 1 N–H and O–H groups in total. The van der Waals surface area contributed by atoms with Crippen molar-refractivity contribution < 1.29 is 14.5 Å². The normalized spacial score (nSPS) is 17.6. The van der Waals surface area contributed by atoms with Crippen LogP contribution in [0.15, 0.2) is 59.6 Å². The van der Waals surface area contributed by atoms with Gasteiger partial charge in [-0.25, -0.2) is 4.99 Å². The molecule has 0 saturated carbocycles. The predicted octanol–water partition coefficient (Wildman–Crippen LogP) is 3.97. The minimum atomic E-state index is -0.581. The van der Waals surface area contributed by atoms with E-state index in [1.54, 1.807) is 11.0 Å². The molecule has 1 aliphatic heterocycles. The topological polar surface area (TPSA) is 105 Å². The van der Waals surface area contributed by atoms with Crippen LogP contribution in [0.4, 0.5) is 17.1 Å². The molecule has 150 valence electrons. The first kappa shape index (κ1) is 20.5. The summed E-state index contributed by atoms with van der Waals surface area (Å²) in [4.78, 5) is 41.7. The van der Waals surface area contributed by atoms with Crippen LogP contribution in [0.5, 0.6) is 0 Å². The molecular weight excluding hydrogens is 392 g/mol. The Balaban J connectivity index is 1.71. The number of nitrogens with zero attached hydrogens (tertiary/aromatic N) is 3. The van der Waals surface area contributed by atoms with Crippen molar-refractivity contribution in [1.29, 1.82) is 0 Å². The highest BCUT2D eigenvalue weighted by Gasteiger charge is 2.38. The van der Waals surface area contributed by atoms with Crippen molar-refractivity contribution >= 4 is 45.8 Å². The molecule has 1 atom stereocenters. The third kappa shape index (κ3) is 5.20. The van der Waals surface area contributed by atoms with Gasteiger partial charge in [0.05, 0.1) is 10.6 Å². The van der Waals surface area contributed by atoms with Gasteiger partial charge in [-0.3, -0.25) is 24.6 Å². The van der Waals surface area contributed by atoms with Crippen LogP contribution in [0.25, 0.3) is 0 Å². The predicted molar refractivity (Wildman–Crippen MR) is 113 cm³/mol. The number of hydrogen-bond acceptors (Lipinski definition) is 6. The van der Waals surface area contributed by atoms with E-state index in [1.165, 1.54) is 30.0 Å². The smallest absolute Gasteiger partial charge is 0.271 e. The number of nitro groups is 1. The van der Waals surface area contributed by atoms with Crippen LogP contribution in [-0.2, 0) is 9.59 Å². The van der Waals surface area contributed by atoms with E-state index in [2.05, 4.69) is 10.3 Å². The number of thioether (sulfide) groups is 1. The largest absolute Gasteiger partial charge is 0.326 e. The van der Waals surface area contributed by atoms with E-state index < -0.39 is 10.2 Å². The van der Waals surface area contributed by atoms with Crippen molar-refractivity contribution in [2.24, 2.45) is 4.99 Å². The van der Waals surface area contributed by atoms with Crippen LogP contribution < -0.4 is 5.32 Å². The summed E-state index contributed by atoms with van der Waals surface area (Å²) in [6.45, 7) is 2.50. The van der Waals surface area contributed by atoms with E-state index in [4.69, 9.17) is 0 Å². The Morgan fingerprint density at radius 3 is 2.69 bits per heavy atom. The van der Waals surface area contributed by atoms with Crippen molar-refractivity contribution in [1.82, 2.24) is 4.90 Å². The van der Waals surface area contributed by atoms with E-state index >= 15 is 0 Å². The molecule has 2 aromatic carbocycles. The molecule has 0 bridgehead atoms. The molecule has 2 amide bonds. The zero-order valence-electron chi connectivity index (χ0n) is 15.8. The van der Waals surface area contributed by atoms with Crippen LogP contribution in [0.3, 0.4) is 0 Å². The lowest BCUT2D eigenvalue weighted by molar-refractivity contribution is -0.384. The maximum atomic E-state index is 12.8. The second-order valence-corrected chi connectivity index (χ2v) is 7.56. The van der Waals surface area contributed by atoms with Crippen LogP contribution in [0.2, 0.25) is 0 Å². The van der Waals surface area contributed by atoms with Gasteiger partial charge in [-0.05, 0) is 24.6 Å². The Bertz CT molecular complexity index is 949. The number of anilines is 1. The van der Waals surface area contributed by atoms with Gasteiger partial charge in [0.15, 0.2) is 5.17 Å². The second kappa shape index (κ2) is 9.33. The minimum absolute atomic E-state index is 0.0415. The summed E-state index contributed by atoms with van der Waals surface area (Å²) in [7, 11) is 0. The van der Waals surface area contributed by atoms with E-state index in [0.29, 0.717) is 17.4 Å². The molecule has 0 aliphatic carbocycles. The number of amides is 2. The fourth-order valence-corrected chi connectivity index (χ4v) is 4.03. The lowest BCUT2D eigenvalue weighted by atomic mass is 10.2. The number of aliphatic imine (C=N–C) groups is 1. The van der Waals surface area contributed by atoms with Crippen LogP contribution in [-0.4, -0.2) is 38.6 Å². The van der Waals surface area contributed by atoms with Crippen molar-refractivity contribution in [2.45, 2.75) is 25.0 Å². The van der Waals surface area contributed by atoms with Crippen LogP contribution in [0.1, 0.15) is 19.8 Å². The molecule has 2 aromatic rings. The summed E-state index contributed by atoms with van der Waals surface area (Å²) < 4.78 is 0. The minimum Gasteiger partial charge on any atom is -0.326 e. The fraction of sp³-hybridized carbons (Fsp3) is 0.250. The molecule has 0 spiro atoms. The zero-order chi connectivity index (χ0) is 20.8. The number of non-ortho nitro benzene ring substituents is 1. The van der Waals surface area contributed by atoms with Gasteiger partial charge in [0.25, 0.3) is 5.69 Å². The SMILES string of the molecule is CCCN1C(=O)[C@@H](CC(=O)Nc2cccc([N+](=O)[O-])c2)SC1=Nc1ccccc1. The quantitative estimate of drug-likeness (QED) is 0.547. The number of carbonyl (C=O) groups is 2. The van der Waals surface area contributed by atoms with Crippen molar-refractivity contribution in [2.75, 3.05) is 11.9 Å². The number of rotatable bonds is 7. The number of carbonyl (C=O) groups excluding carboxylic acids is 2. The van der Waals surface area contributed by atoms with E-state index in [1.807, 2.05) is 37.3 Å². The lowest BCUT2D eigenvalue weighted by Gasteiger charge is -2.15. The Hall–Kier alpha value is -3.20. The Morgan fingerprint density at radius 1 is 1.24 bits per heavy atom. The third-order valence-corrected chi connectivity index (χ3v) is 5.34. The third-order valence-electron chi connectivity index (χ3n) is 4.16. The van der Waals surface area contributed by atoms with E-state index in [9.17, 15) is 19.7 Å². The lowest BCUT2D eigenvalue weighted by Crippen LogP contribution is -2.34. The number of para-hydroxylation sites is 1. The van der Waals surface area contributed by atoms with Gasteiger partial charge in [-0.2, -0.15) is 0 Å².